The van der Waals surface area contributed by atoms with Crippen molar-refractivity contribution in [2.45, 2.75) is 6.10 Å². The van der Waals surface area contributed by atoms with Gasteiger partial charge in [-0.2, -0.15) is 4.98 Å². The summed E-state index contributed by atoms with van der Waals surface area (Å²) in [5, 5.41) is 8.39. The molecular formula is C21H16Cl2N4O2. The van der Waals surface area contributed by atoms with Crippen molar-refractivity contribution in [3.63, 3.8) is 0 Å². The zero-order chi connectivity index (χ0) is 20.2. The third kappa shape index (κ3) is 4.34. The Hall–Kier alpha value is -3.09. The van der Waals surface area contributed by atoms with Crippen LogP contribution in [0.15, 0.2) is 71.4 Å². The summed E-state index contributed by atoms with van der Waals surface area (Å²) in [6, 6.07) is 18.0. The number of nitrogens with one attached hydrogen (secondary N) is 1. The molecule has 0 spiro atoms. The first-order valence-electron chi connectivity index (χ1n) is 8.78. The number of hydrogen-bond acceptors (Lipinski definition) is 6. The quantitative estimate of drug-likeness (QED) is 0.429. The first-order valence-corrected chi connectivity index (χ1v) is 9.54. The van der Waals surface area contributed by atoms with Gasteiger partial charge in [0.05, 0.1) is 5.56 Å². The molecule has 4 aromatic rings. The number of anilines is 1. The molecule has 0 aliphatic heterocycles. The van der Waals surface area contributed by atoms with Gasteiger partial charge in [-0.25, -0.2) is 4.98 Å². The van der Waals surface area contributed by atoms with E-state index in [2.05, 4.69) is 20.4 Å². The standard InChI is InChI=1S/C21H16Cl2N4O2/c1-24-19-17(3-2-12-25-19)20-26-21(29-27-20)18(13-4-6-14(22)7-5-13)28-16-10-8-15(23)9-11-16/h2-12,18H,1H3,(H,24,25). The molecule has 6 nitrogen and oxygen atoms in total. The van der Waals surface area contributed by atoms with Gasteiger partial charge in [0.1, 0.15) is 11.6 Å². The molecule has 0 fully saturated rings. The van der Waals surface area contributed by atoms with Crippen molar-refractivity contribution in [1.82, 2.24) is 15.1 Å². The van der Waals surface area contributed by atoms with Gasteiger partial charge in [0.15, 0.2) is 0 Å². The maximum Gasteiger partial charge on any atom is 0.272 e. The molecule has 2 aromatic carbocycles. The van der Waals surface area contributed by atoms with E-state index < -0.39 is 6.10 Å². The molecule has 0 aliphatic carbocycles. The summed E-state index contributed by atoms with van der Waals surface area (Å²) in [4.78, 5) is 8.84. The lowest BCUT2D eigenvalue weighted by Crippen LogP contribution is -2.10. The molecule has 29 heavy (non-hydrogen) atoms. The number of halogens is 2. The van der Waals surface area contributed by atoms with Gasteiger partial charge in [0.25, 0.3) is 5.89 Å². The first kappa shape index (κ1) is 19.2. The Kier molecular flexibility index (Phi) is 5.64. The molecule has 2 heterocycles. The number of rotatable bonds is 6. The lowest BCUT2D eigenvalue weighted by Gasteiger charge is -2.16. The largest absolute Gasteiger partial charge is 0.476 e. The van der Waals surface area contributed by atoms with Gasteiger partial charge in [0.2, 0.25) is 11.9 Å². The normalized spacial score (nSPS) is 11.8. The summed E-state index contributed by atoms with van der Waals surface area (Å²) < 4.78 is 11.7. The van der Waals surface area contributed by atoms with Crippen LogP contribution in [-0.2, 0) is 0 Å². The van der Waals surface area contributed by atoms with Crippen LogP contribution >= 0.6 is 23.2 Å². The number of aromatic nitrogens is 3. The van der Waals surface area contributed by atoms with Crippen molar-refractivity contribution < 1.29 is 9.26 Å². The highest BCUT2D eigenvalue weighted by atomic mass is 35.5. The van der Waals surface area contributed by atoms with Crippen molar-refractivity contribution in [1.29, 1.82) is 0 Å². The van der Waals surface area contributed by atoms with Crippen LogP contribution in [-0.4, -0.2) is 22.2 Å². The first-order chi connectivity index (χ1) is 14.1. The maximum atomic E-state index is 6.16. The van der Waals surface area contributed by atoms with E-state index in [-0.39, 0.29) is 0 Å². The summed E-state index contributed by atoms with van der Waals surface area (Å²) in [7, 11) is 1.78. The van der Waals surface area contributed by atoms with Crippen molar-refractivity contribution in [2.75, 3.05) is 12.4 Å². The van der Waals surface area contributed by atoms with Crippen LogP contribution in [0.5, 0.6) is 5.75 Å². The molecule has 1 atom stereocenters. The van der Waals surface area contributed by atoms with Crippen LogP contribution in [0.1, 0.15) is 17.6 Å². The van der Waals surface area contributed by atoms with E-state index in [0.29, 0.717) is 33.3 Å². The average Bonchev–Trinajstić information content (AvgIpc) is 3.24. The Morgan fingerprint density at radius 2 is 1.66 bits per heavy atom. The fourth-order valence-electron chi connectivity index (χ4n) is 2.78. The van der Waals surface area contributed by atoms with E-state index in [9.17, 15) is 0 Å². The van der Waals surface area contributed by atoms with E-state index in [1.165, 1.54) is 0 Å². The Balaban J connectivity index is 1.72. The molecule has 0 bridgehead atoms. The van der Waals surface area contributed by atoms with E-state index in [1.807, 2.05) is 24.3 Å². The Morgan fingerprint density at radius 1 is 0.966 bits per heavy atom. The Morgan fingerprint density at radius 3 is 2.34 bits per heavy atom. The monoisotopic (exact) mass is 426 g/mol. The minimum absolute atomic E-state index is 0.308. The van der Waals surface area contributed by atoms with Crippen LogP contribution in [0.3, 0.4) is 0 Å². The highest BCUT2D eigenvalue weighted by molar-refractivity contribution is 6.30. The molecule has 146 valence electrons. The molecule has 2 aromatic heterocycles. The second kappa shape index (κ2) is 8.51. The van der Waals surface area contributed by atoms with Gasteiger partial charge in [0, 0.05) is 28.9 Å². The maximum absolute atomic E-state index is 6.16. The molecule has 0 radical (unpaired) electrons. The molecule has 4 rings (SSSR count). The van der Waals surface area contributed by atoms with Crippen LogP contribution in [0, 0.1) is 0 Å². The summed E-state index contributed by atoms with van der Waals surface area (Å²) in [6.07, 6.45) is 1.07. The molecule has 1 unspecified atom stereocenters. The summed E-state index contributed by atoms with van der Waals surface area (Å²) in [6.45, 7) is 0. The predicted molar refractivity (Wildman–Crippen MR) is 112 cm³/mol. The second-order valence-corrected chi connectivity index (χ2v) is 6.98. The number of ether oxygens (including phenoxy) is 1. The van der Waals surface area contributed by atoms with Gasteiger partial charge in [-0.15, -0.1) is 0 Å². The van der Waals surface area contributed by atoms with Crippen molar-refractivity contribution >= 4 is 29.0 Å². The molecular weight excluding hydrogens is 411 g/mol. The molecule has 0 saturated carbocycles. The molecule has 0 saturated heterocycles. The smallest absolute Gasteiger partial charge is 0.272 e. The fraction of sp³-hybridized carbons (Fsp3) is 0.0952. The SMILES string of the molecule is CNc1ncccc1-c1noc(C(Oc2ccc(Cl)cc2)c2ccc(Cl)cc2)n1. The summed E-state index contributed by atoms with van der Waals surface area (Å²) in [5.74, 6) is 1.99. The third-order valence-electron chi connectivity index (χ3n) is 4.19. The van der Waals surface area contributed by atoms with Crippen molar-refractivity contribution in [3.05, 3.63) is 88.4 Å². The highest BCUT2D eigenvalue weighted by Crippen LogP contribution is 2.31. The van der Waals surface area contributed by atoms with Crippen molar-refractivity contribution in [2.24, 2.45) is 0 Å². The van der Waals surface area contributed by atoms with E-state index in [1.54, 1.807) is 49.6 Å². The van der Waals surface area contributed by atoms with E-state index >= 15 is 0 Å². The Labute approximate surface area is 177 Å². The fourth-order valence-corrected chi connectivity index (χ4v) is 3.04. The van der Waals surface area contributed by atoms with Gasteiger partial charge >= 0.3 is 0 Å². The predicted octanol–water partition coefficient (Wildman–Crippen LogP) is 5.65. The van der Waals surface area contributed by atoms with Crippen LogP contribution in [0.25, 0.3) is 11.4 Å². The van der Waals surface area contributed by atoms with Gasteiger partial charge in [-0.1, -0.05) is 40.5 Å². The Bertz CT molecular complexity index is 1100. The molecule has 8 heteroatoms. The van der Waals surface area contributed by atoms with Gasteiger partial charge in [-0.05, 0) is 48.5 Å². The lowest BCUT2D eigenvalue weighted by atomic mass is 10.1. The van der Waals surface area contributed by atoms with Crippen LogP contribution in [0.4, 0.5) is 5.82 Å². The van der Waals surface area contributed by atoms with E-state index in [0.717, 1.165) is 11.1 Å². The zero-order valence-electron chi connectivity index (χ0n) is 15.3. The number of pyridine rings is 1. The highest BCUT2D eigenvalue weighted by Gasteiger charge is 2.24. The minimum Gasteiger partial charge on any atom is -0.476 e. The number of nitrogens with zero attached hydrogens (tertiary/aromatic N) is 3. The number of hydrogen-bond donors (Lipinski definition) is 1. The summed E-state index contributed by atoms with van der Waals surface area (Å²) >= 11 is 12.0. The number of benzene rings is 2. The van der Waals surface area contributed by atoms with Crippen LogP contribution in [0.2, 0.25) is 10.0 Å². The van der Waals surface area contributed by atoms with Crippen molar-refractivity contribution in [3.8, 4) is 17.1 Å². The molecule has 0 amide bonds. The third-order valence-corrected chi connectivity index (χ3v) is 4.70. The van der Waals surface area contributed by atoms with E-state index in [4.69, 9.17) is 32.5 Å². The molecule has 1 N–H and O–H groups in total. The minimum atomic E-state index is -0.621. The second-order valence-electron chi connectivity index (χ2n) is 6.11. The van der Waals surface area contributed by atoms with Gasteiger partial charge in [-0.3, -0.25) is 0 Å². The average molecular weight is 427 g/mol. The zero-order valence-corrected chi connectivity index (χ0v) is 16.9. The lowest BCUT2D eigenvalue weighted by molar-refractivity contribution is 0.193. The van der Waals surface area contributed by atoms with Gasteiger partial charge < -0.3 is 14.6 Å². The summed E-state index contributed by atoms with van der Waals surface area (Å²) in [5.41, 5.74) is 1.55. The molecule has 0 aliphatic rings. The topological polar surface area (TPSA) is 73.1 Å². The van der Waals surface area contributed by atoms with Crippen LogP contribution < -0.4 is 10.1 Å².